The van der Waals surface area contributed by atoms with Crippen molar-refractivity contribution in [1.82, 2.24) is 24.9 Å². The first kappa shape index (κ1) is 20.9. The molecule has 2 aromatic heterocycles. The SMILES string of the molecule is CCCn1c(SCc2nc(-c3ccc(OC)c(OC)c3)no2)nnc1-c1ccccc1. The van der Waals surface area contributed by atoms with E-state index in [2.05, 4.69) is 31.8 Å². The monoisotopic (exact) mass is 437 g/mol. The minimum atomic E-state index is 0.497. The van der Waals surface area contributed by atoms with Crippen molar-refractivity contribution in [1.29, 1.82) is 0 Å². The first-order valence-electron chi connectivity index (χ1n) is 9.90. The fraction of sp³-hybridized carbons (Fsp3) is 0.273. The molecule has 2 heterocycles. The van der Waals surface area contributed by atoms with Gasteiger partial charge in [-0.2, -0.15) is 4.98 Å². The Morgan fingerprint density at radius 3 is 2.52 bits per heavy atom. The number of hydrogen-bond donors (Lipinski definition) is 0. The van der Waals surface area contributed by atoms with Crippen LogP contribution in [0.3, 0.4) is 0 Å². The molecule has 0 fully saturated rings. The number of nitrogens with zero attached hydrogens (tertiary/aromatic N) is 5. The van der Waals surface area contributed by atoms with E-state index in [1.165, 1.54) is 11.8 Å². The van der Waals surface area contributed by atoms with E-state index in [9.17, 15) is 0 Å². The Balaban J connectivity index is 1.51. The molecule has 9 heteroatoms. The molecule has 0 aliphatic carbocycles. The third kappa shape index (κ3) is 4.56. The van der Waals surface area contributed by atoms with Gasteiger partial charge in [-0.15, -0.1) is 10.2 Å². The first-order valence-corrected chi connectivity index (χ1v) is 10.9. The Kier molecular flexibility index (Phi) is 6.51. The lowest BCUT2D eigenvalue weighted by Crippen LogP contribution is -2.02. The Hall–Kier alpha value is -3.33. The molecule has 0 N–H and O–H groups in total. The third-order valence-electron chi connectivity index (χ3n) is 4.63. The zero-order chi connectivity index (χ0) is 21.6. The minimum absolute atomic E-state index is 0.497. The van der Waals surface area contributed by atoms with E-state index in [4.69, 9.17) is 14.0 Å². The van der Waals surface area contributed by atoms with Crippen LogP contribution in [0.4, 0.5) is 0 Å². The summed E-state index contributed by atoms with van der Waals surface area (Å²) < 4.78 is 18.2. The van der Waals surface area contributed by atoms with Gasteiger partial charge >= 0.3 is 0 Å². The molecule has 0 spiro atoms. The number of benzene rings is 2. The van der Waals surface area contributed by atoms with Crippen LogP contribution in [-0.4, -0.2) is 39.1 Å². The Labute approximate surface area is 184 Å². The second-order valence-corrected chi connectivity index (χ2v) is 7.64. The van der Waals surface area contributed by atoms with E-state index in [-0.39, 0.29) is 0 Å². The van der Waals surface area contributed by atoms with Crippen LogP contribution in [0.2, 0.25) is 0 Å². The molecule has 0 atom stereocenters. The summed E-state index contributed by atoms with van der Waals surface area (Å²) in [6.45, 7) is 2.97. The summed E-state index contributed by atoms with van der Waals surface area (Å²) in [5.74, 6) is 3.63. The number of ether oxygens (including phenoxy) is 2. The van der Waals surface area contributed by atoms with Gasteiger partial charge in [0.2, 0.25) is 11.7 Å². The number of methoxy groups -OCH3 is 2. The molecule has 4 aromatic rings. The molecule has 0 aliphatic rings. The van der Waals surface area contributed by atoms with E-state index in [1.54, 1.807) is 14.2 Å². The van der Waals surface area contributed by atoms with Crippen molar-refractivity contribution in [3.63, 3.8) is 0 Å². The van der Waals surface area contributed by atoms with Crippen LogP contribution in [-0.2, 0) is 12.3 Å². The van der Waals surface area contributed by atoms with Gasteiger partial charge in [0.25, 0.3) is 0 Å². The van der Waals surface area contributed by atoms with Gasteiger partial charge in [0.15, 0.2) is 22.5 Å². The Morgan fingerprint density at radius 2 is 1.77 bits per heavy atom. The normalized spacial score (nSPS) is 10.9. The Morgan fingerprint density at radius 1 is 0.968 bits per heavy atom. The molecule has 0 saturated carbocycles. The van der Waals surface area contributed by atoms with Crippen molar-refractivity contribution in [2.45, 2.75) is 30.8 Å². The number of rotatable bonds is 9. The fourth-order valence-corrected chi connectivity index (χ4v) is 3.96. The predicted molar refractivity (Wildman–Crippen MR) is 118 cm³/mol. The first-order chi connectivity index (χ1) is 15.2. The van der Waals surface area contributed by atoms with E-state index < -0.39 is 0 Å². The van der Waals surface area contributed by atoms with E-state index in [0.29, 0.717) is 29.0 Å². The summed E-state index contributed by atoms with van der Waals surface area (Å²) in [5.41, 5.74) is 1.84. The van der Waals surface area contributed by atoms with Gasteiger partial charge < -0.3 is 18.6 Å². The van der Waals surface area contributed by atoms with E-state index in [0.717, 1.165) is 35.1 Å². The lowest BCUT2D eigenvalue weighted by molar-refractivity contribution is 0.355. The summed E-state index contributed by atoms with van der Waals surface area (Å²) in [7, 11) is 3.19. The fourth-order valence-electron chi connectivity index (χ4n) is 3.15. The average molecular weight is 438 g/mol. The van der Waals surface area contributed by atoms with Gasteiger partial charge in [-0.3, -0.25) is 0 Å². The zero-order valence-electron chi connectivity index (χ0n) is 17.6. The molecule has 0 saturated heterocycles. The highest BCUT2D eigenvalue weighted by Gasteiger charge is 2.16. The summed E-state index contributed by atoms with van der Waals surface area (Å²) in [5, 5.41) is 13.7. The van der Waals surface area contributed by atoms with Crippen LogP contribution in [0, 0.1) is 0 Å². The van der Waals surface area contributed by atoms with E-state index >= 15 is 0 Å². The Bertz CT molecular complexity index is 1140. The highest BCUT2D eigenvalue weighted by molar-refractivity contribution is 7.98. The molecule has 0 amide bonds. The largest absolute Gasteiger partial charge is 0.493 e. The van der Waals surface area contributed by atoms with Gasteiger partial charge in [0.1, 0.15) is 0 Å². The van der Waals surface area contributed by atoms with Crippen molar-refractivity contribution in [2.24, 2.45) is 0 Å². The lowest BCUT2D eigenvalue weighted by Gasteiger charge is -2.08. The maximum atomic E-state index is 5.45. The van der Waals surface area contributed by atoms with Crippen LogP contribution in [0.25, 0.3) is 22.8 Å². The van der Waals surface area contributed by atoms with Crippen molar-refractivity contribution < 1.29 is 14.0 Å². The molecule has 8 nitrogen and oxygen atoms in total. The molecule has 0 unspecified atom stereocenters. The quantitative estimate of drug-likeness (QED) is 0.348. The van der Waals surface area contributed by atoms with Crippen LogP contribution < -0.4 is 9.47 Å². The molecule has 160 valence electrons. The van der Waals surface area contributed by atoms with Crippen molar-refractivity contribution in [3.05, 3.63) is 54.4 Å². The minimum Gasteiger partial charge on any atom is -0.493 e. The second-order valence-electron chi connectivity index (χ2n) is 6.69. The van der Waals surface area contributed by atoms with Crippen LogP contribution >= 0.6 is 11.8 Å². The standard InChI is InChI=1S/C22H23N5O3S/c1-4-12-27-21(15-8-6-5-7-9-15)24-25-22(27)31-14-19-23-20(26-30-19)16-10-11-17(28-2)18(13-16)29-3/h5-11,13H,4,12,14H2,1-3H3. The van der Waals surface area contributed by atoms with Gasteiger partial charge in [0, 0.05) is 17.7 Å². The van der Waals surface area contributed by atoms with Crippen LogP contribution in [0.5, 0.6) is 11.5 Å². The summed E-state index contributed by atoms with van der Waals surface area (Å²) in [6.07, 6.45) is 0.982. The van der Waals surface area contributed by atoms with Crippen molar-refractivity contribution in [3.8, 4) is 34.3 Å². The maximum Gasteiger partial charge on any atom is 0.237 e. The average Bonchev–Trinajstić information content (AvgIpc) is 3.45. The van der Waals surface area contributed by atoms with Crippen molar-refractivity contribution in [2.75, 3.05) is 14.2 Å². The highest BCUT2D eigenvalue weighted by atomic mass is 32.2. The topological polar surface area (TPSA) is 88.1 Å². The summed E-state index contributed by atoms with van der Waals surface area (Å²) >= 11 is 1.53. The summed E-state index contributed by atoms with van der Waals surface area (Å²) in [6, 6.07) is 15.6. The molecule has 0 radical (unpaired) electrons. The number of hydrogen-bond acceptors (Lipinski definition) is 8. The van der Waals surface area contributed by atoms with E-state index in [1.807, 2.05) is 48.5 Å². The molecule has 0 aliphatic heterocycles. The van der Waals surface area contributed by atoms with Crippen LogP contribution in [0.1, 0.15) is 19.2 Å². The van der Waals surface area contributed by atoms with Gasteiger partial charge in [-0.1, -0.05) is 54.2 Å². The third-order valence-corrected chi connectivity index (χ3v) is 5.58. The zero-order valence-corrected chi connectivity index (χ0v) is 18.4. The van der Waals surface area contributed by atoms with Crippen molar-refractivity contribution >= 4 is 11.8 Å². The number of aromatic nitrogens is 5. The molecule has 0 bridgehead atoms. The van der Waals surface area contributed by atoms with Gasteiger partial charge in [0.05, 0.1) is 20.0 Å². The molecular formula is C22H23N5O3S. The summed E-state index contributed by atoms with van der Waals surface area (Å²) in [4.78, 5) is 4.51. The molecule has 2 aromatic carbocycles. The molecule has 31 heavy (non-hydrogen) atoms. The number of thioether (sulfide) groups is 1. The smallest absolute Gasteiger partial charge is 0.237 e. The van der Waals surface area contributed by atoms with Gasteiger partial charge in [-0.25, -0.2) is 0 Å². The van der Waals surface area contributed by atoms with Crippen LogP contribution in [0.15, 0.2) is 58.2 Å². The van der Waals surface area contributed by atoms with Gasteiger partial charge in [-0.05, 0) is 24.6 Å². The highest BCUT2D eigenvalue weighted by Crippen LogP contribution is 2.32. The lowest BCUT2D eigenvalue weighted by atomic mass is 10.2. The maximum absolute atomic E-state index is 5.45. The molecular weight excluding hydrogens is 414 g/mol. The predicted octanol–water partition coefficient (Wildman–Crippen LogP) is 4.71. The molecule has 4 rings (SSSR count). The second kappa shape index (κ2) is 9.65.